The molecule has 37 heavy (non-hydrogen) atoms. The SMILES string of the molecule is COc1ccc(C2=NN(c3nc(-c4ccc(C)cc4)c4ccccc4n3)C(c3ccc(Br)cc3)C2)cc1. The Balaban J connectivity index is 1.50. The molecule has 2 heterocycles. The molecule has 0 fully saturated rings. The Bertz CT molecular complexity index is 1600. The summed E-state index contributed by atoms with van der Waals surface area (Å²) >= 11 is 3.56. The molecule has 0 saturated carbocycles. The summed E-state index contributed by atoms with van der Waals surface area (Å²) in [6.07, 6.45) is 0.740. The van der Waals surface area contributed by atoms with Gasteiger partial charge in [0.25, 0.3) is 0 Å². The number of anilines is 1. The van der Waals surface area contributed by atoms with E-state index in [9.17, 15) is 0 Å². The number of fused-ring (bicyclic) bond motifs is 1. The van der Waals surface area contributed by atoms with Crippen LogP contribution in [0.3, 0.4) is 0 Å². The van der Waals surface area contributed by atoms with Crippen molar-refractivity contribution in [3.63, 3.8) is 0 Å². The topological polar surface area (TPSA) is 50.6 Å². The molecule has 0 bridgehead atoms. The van der Waals surface area contributed by atoms with E-state index in [4.69, 9.17) is 19.8 Å². The van der Waals surface area contributed by atoms with E-state index >= 15 is 0 Å². The fourth-order valence-corrected chi connectivity index (χ4v) is 4.96. The molecule has 0 radical (unpaired) electrons. The summed E-state index contributed by atoms with van der Waals surface area (Å²) < 4.78 is 6.39. The van der Waals surface area contributed by atoms with E-state index in [0.29, 0.717) is 5.95 Å². The van der Waals surface area contributed by atoms with E-state index in [1.807, 2.05) is 35.3 Å². The van der Waals surface area contributed by atoms with Gasteiger partial charge >= 0.3 is 0 Å². The highest BCUT2D eigenvalue weighted by molar-refractivity contribution is 9.10. The van der Waals surface area contributed by atoms with E-state index in [1.165, 1.54) is 5.56 Å². The molecule has 1 aliphatic heterocycles. The lowest BCUT2D eigenvalue weighted by atomic mass is 9.98. The van der Waals surface area contributed by atoms with Crippen LogP contribution in [0.25, 0.3) is 22.2 Å². The molecule has 1 atom stereocenters. The van der Waals surface area contributed by atoms with Crippen molar-refractivity contribution in [2.24, 2.45) is 5.10 Å². The largest absolute Gasteiger partial charge is 0.497 e. The van der Waals surface area contributed by atoms with Crippen molar-refractivity contribution in [3.05, 3.63) is 118 Å². The summed E-state index contributed by atoms with van der Waals surface area (Å²) in [5.74, 6) is 1.41. The second-order valence-corrected chi connectivity index (χ2v) is 10.1. The van der Waals surface area contributed by atoms with Crippen LogP contribution in [0.4, 0.5) is 5.95 Å². The van der Waals surface area contributed by atoms with E-state index in [0.717, 1.165) is 55.6 Å². The minimum atomic E-state index is -0.0303. The molecular weight excluding hydrogens is 524 g/mol. The molecule has 182 valence electrons. The summed E-state index contributed by atoms with van der Waals surface area (Å²) in [6.45, 7) is 2.09. The summed E-state index contributed by atoms with van der Waals surface area (Å²) in [4.78, 5) is 10.1. The zero-order valence-electron chi connectivity index (χ0n) is 20.6. The van der Waals surface area contributed by atoms with Gasteiger partial charge in [0.1, 0.15) is 5.75 Å². The first-order valence-electron chi connectivity index (χ1n) is 12.2. The third-order valence-electron chi connectivity index (χ3n) is 6.71. The van der Waals surface area contributed by atoms with Gasteiger partial charge in [-0.2, -0.15) is 5.10 Å². The van der Waals surface area contributed by atoms with Crippen molar-refractivity contribution in [1.82, 2.24) is 9.97 Å². The van der Waals surface area contributed by atoms with Crippen LogP contribution in [-0.2, 0) is 0 Å². The molecule has 6 rings (SSSR count). The average molecular weight is 549 g/mol. The number of ether oxygens (including phenoxy) is 1. The average Bonchev–Trinajstić information content (AvgIpc) is 3.39. The summed E-state index contributed by atoms with van der Waals surface area (Å²) in [6, 6.07) is 33.1. The normalized spacial score (nSPS) is 15.2. The van der Waals surface area contributed by atoms with Crippen molar-refractivity contribution < 1.29 is 4.74 Å². The lowest BCUT2D eigenvalue weighted by Crippen LogP contribution is -2.21. The van der Waals surface area contributed by atoms with Crippen LogP contribution < -0.4 is 9.75 Å². The first kappa shape index (κ1) is 23.4. The molecule has 1 aromatic heterocycles. The third kappa shape index (κ3) is 4.60. The maximum atomic E-state index is 5.35. The maximum absolute atomic E-state index is 5.35. The van der Waals surface area contributed by atoms with Crippen molar-refractivity contribution >= 4 is 38.5 Å². The third-order valence-corrected chi connectivity index (χ3v) is 7.24. The highest BCUT2D eigenvalue weighted by Crippen LogP contribution is 2.38. The Morgan fingerprint density at radius 3 is 2.24 bits per heavy atom. The number of nitrogens with zero attached hydrogens (tertiary/aromatic N) is 4. The van der Waals surface area contributed by atoms with Gasteiger partial charge in [0.05, 0.1) is 30.1 Å². The lowest BCUT2D eigenvalue weighted by molar-refractivity contribution is 0.415. The molecule has 0 saturated heterocycles. The molecule has 5 aromatic rings. The molecule has 5 nitrogen and oxygen atoms in total. The Morgan fingerprint density at radius 2 is 1.51 bits per heavy atom. The minimum absolute atomic E-state index is 0.0303. The number of halogens is 1. The fraction of sp³-hybridized carbons (Fsp3) is 0.129. The molecule has 0 aliphatic carbocycles. The van der Waals surface area contributed by atoms with Crippen LogP contribution in [0.2, 0.25) is 0 Å². The highest BCUT2D eigenvalue weighted by Gasteiger charge is 2.32. The predicted octanol–water partition coefficient (Wildman–Crippen LogP) is 7.73. The standard InChI is InChI=1S/C31H25BrN4O/c1-20-7-9-23(10-8-20)30-26-5-3-4-6-27(26)33-31(34-30)36-29(22-11-15-24(32)16-12-22)19-28(35-36)21-13-17-25(37-2)18-14-21/h3-18,29H,19H2,1-2H3. The van der Waals surface area contributed by atoms with Crippen molar-refractivity contribution in [2.45, 2.75) is 19.4 Å². The zero-order valence-corrected chi connectivity index (χ0v) is 22.2. The van der Waals surface area contributed by atoms with E-state index in [-0.39, 0.29) is 6.04 Å². The molecule has 0 spiro atoms. The summed E-state index contributed by atoms with van der Waals surface area (Å²) in [5, 5.41) is 8.09. The van der Waals surface area contributed by atoms with Gasteiger partial charge in [-0.05, 0) is 60.5 Å². The number of methoxy groups -OCH3 is 1. The molecule has 1 unspecified atom stereocenters. The van der Waals surface area contributed by atoms with E-state index < -0.39 is 0 Å². The Labute approximate surface area is 224 Å². The van der Waals surface area contributed by atoms with Gasteiger partial charge < -0.3 is 4.74 Å². The molecule has 4 aromatic carbocycles. The van der Waals surface area contributed by atoms with Gasteiger partial charge in [0, 0.05) is 21.8 Å². The van der Waals surface area contributed by atoms with Crippen LogP contribution in [-0.4, -0.2) is 22.8 Å². The Hall–Kier alpha value is -4.03. The van der Waals surface area contributed by atoms with Crippen molar-refractivity contribution in [1.29, 1.82) is 0 Å². The number of hydrazone groups is 1. The lowest BCUT2D eigenvalue weighted by Gasteiger charge is -2.23. The van der Waals surface area contributed by atoms with Gasteiger partial charge in [-0.3, -0.25) is 0 Å². The monoisotopic (exact) mass is 548 g/mol. The second-order valence-electron chi connectivity index (χ2n) is 9.15. The number of aromatic nitrogens is 2. The molecule has 0 N–H and O–H groups in total. The second kappa shape index (κ2) is 9.79. The Kier molecular flexibility index (Phi) is 6.18. The van der Waals surface area contributed by atoms with Gasteiger partial charge in [-0.25, -0.2) is 15.0 Å². The number of rotatable bonds is 5. The molecule has 6 heteroatoms. The number of benzene rings is 4. The van der Waals surface area contributed by atoms with Gasteiger partial charge in [-0.15, -0.1) is 0 Å². The number of para-hydroxylation sites is 1. The zero-order chi connectivity index (χ0) is 25.4. The van der Waals surface area contributed by atoms with Gasteiger partial charge in [0.2, 0.25) is 5.95 Å². The van der Waals surface area contributed by atoms with E-state index in [2.05, 4.69) is 89.6 Å². The minimum Gasteiger partial charge on any atom is -0.497 e. The fourth-order valence-electron chi connectivity index (χ4n) is 4.70. The molecular formula is C31H25BrN4O. The smallest absolute Gasteiger partial charge is 0.247 e. The Morgan fingerprint density at radius 1 is 0.811 bits per heavy atom. The number of hydrogen-bond acceptors (Lipinski definition) is 5. The van der Waals surface area contributed by atoms with Crippen LogP contribution in [0.1, 0.15) is 29.2 Å². The van der Waals surface area contributed by atoms with Crippen molar-refractivity contribution in [3.8, 4) is 17.0 Å². The van der Waals surface area contributed by atoms with Crippen LogP contribution in [0.15, 0.2) is 107 Å². The molecule has 0 amide bonds. The first-order chi connectivity index (χ1) is 18.1. The maximum Gasteiger partial charge on any atom is 0.247 e. The van der Waals surface area contributed by atoms with Crippen molar-refractivity contribution in [2.75, 3.05) is 12.1 Å². The van der Waals surface area contributed by atoms with Gasteiger partial charge in [0.15, 0.2) is 0 Å². The molecule has 1 aliphatic rings. The quantitative estimate of drug-likeness (QED) is 0.225. The van der Waals surface area contributed by atoms with Gasteiger partial charge in [-0.1, -0.05) is 76.1 Å². The predicted molar refractivity (Wildman–Crippen MR) is 153 cm³/mol. The first-order valence-corrected chi connectivity index (χ1v) is 13.0. The number of hydrogen-bond donors (Lipinski definition) is 0. The van der Waals surface area contributed by atoms with E-state index in [1.54, 1.807) is 7.11 Å². The van der Waals surface area contributed by atoms with Crippen LogP contribution >= 0.6 is 15.9 Å². The van der Waals surface area contributed by atoms with Crippen LogP contribution in [0, 0.1) is 6.92 Å². The summed E-state index contributed by atoms with van der Waals surface area (Å²) in [5.41, 5.74) is 7.28. The highest BCUT2D eigenvalue weighted by atomic mass is 79.9. The van der Waals surface area contributed by atoms with Crippen LogP contribution in [0.5, 0.6) is 5.75 Å². The summed E-state index contributed by atoms with van der Waals surface area (Å²) in [7, 11) is 1.68. The number of aryl methyl sites for hydroxylation is 1.